The number of hydrogen-bond donors (Lipinski definition) is 1. The van der Waals surface area contributed by atoms with Crippen molar-refractivity contribution in [1.29, 1.82) is 0 Å². The van der Waals surface area contributed by atoms with E-state index in [-0.39, 0.29) is 5.69 Å². The third-order valence-corrected chi connectivity index (χ3v) is 3.03. The minimum absolute atomic E-state index is 0.0904. The molecule has 2 rings (SSSR count). The number of carboxylic acid groups (broad SMARTS) is 1. The molecule has 5 nitrogen and oxygen atoms in total. The number of benzene rings is 1. The molecule has 0 atom stereocenters. The zero-order valence-corrected chi connectivity index (χ0v) is 11.7. The standard InChI is InChI=1S/C14H14ClNO4/c1-19-6-3-7-20-12-8-11(14(17)18)16-13-9(12)4-2-5-10(13)15/h2,4-5,8H,3,6-7H2,1H3,(H,17,18). The van der Waals surface area contributed by atoms with Gasteiger partial charge in [0.25, 0.3) is 0 Å². The first-order chi connectivity index (χ1) is 9.63. The molecular weight excluding hydrogens is 282 g/mol. The van der Waals surface area contributed by atoms with Crippen molar-refractivity contribution in [2.75, 3.05) is 20.3 Å². The molecular formula is C14H14ClNO4. The molecule has 0 bridgehead atoms. The van der Waals surface area contributed by atoms with Crippen molar-refractivity contribution < 1.29 is 19.4 Å². The van der Waals surface area contributed by atoms with Crippen LogP contribution in [0.3, 0.4) is 0 Å². The van der Waals surface area contributed by atoms with Gasteiger partial charge in [0, 0.05) is 31.6 Å². The molecule has 2 aromatic rings. The fourth-order valence-electron chi connectivity index (χ4n) is 1.80. The number of methoxy groups -OCH3 is 1. The van der Waals surface area contributed by atoms with Crippen LogP contribution in [0.2, 0.25) is 5.02 Å². The monoisotopic (exact) mass is 295 g/mol. The number of carboxylic acids is 1. The highest BCUT2D eigenvalue weighted by atomic mass is 35.5. The summed E-state index contributed by atoms with van der Waals surface area (Å²) in [7, 11) is 1.62. The Hall–Kier alpha value is -1.85. The number of aromatic nitrogens is 1. The summed E-state index contributed by atoms with van der Waals surface area (Å²) in [6.07, 6.45) is 0.712. The van der Waals surface area contributed by atoms with Crippen LogP contribution in [-0.4, -0.2) is 36.4 Å². The zero-order chi connectivity index (χ0) is 14.5. The van der Waals surface area contributed by atoms with Crippen LogP contribution in [0.25, 0.3) is 10.9 Å². The molecule has 0 radical (unpaired) electrons. The van der Waals surface area contributed by atoms with E-state index < -0.39 is 5.97 Å². The molecule has 0 aliphatic carbocycles. The van der Waals surface area contributed by atoms with E-state index in [9.17, 15) is 4.79 Å². The summed E-state index contributed by atoms with van der Waals surface area (Å²) in [6.45, 7) is 1.01. The number of aromatic carboxylic acids is 1. The van der Waals surface area contributed by atoms with Gasteiger partial charge in [-0.25, -0.2) is 9.78 Å². The number of pyridine rings is 1. The summed E-state index contributed by atoms with van der Waals surface area (Å²) in [4.78, 5) is 15.1. The normalized spacial score (nSPS) is 10.7. The van der Waals surface area contributed by atoms with Gasteiger partial charge in [-0.1, -0.05) is 17.7 Å². The molecule has 0 fully saturated rings. The van der Waals surface area contributed by atoms with Gasteiger partial charge >= 0.3 is 5.97 Å². The molecule has 0 amide bonds. The van der Waals surface area contributed by atoms with Crippen LogP contribution in [0, 0.1) is 0 Å². The van der Waals surface area contributed by atoms with Crippen molar-refractivity contribution in [2.45, 2.75) is 6.42 Å². The van der Waals surface area contributed by atoms with Gasteiger partial charge in [-0.15, -0.1) is 0 Å². The van der Waals surface area contributed by atoms with Crippen molar-refractivity contribution in [3.63, 3.8) is 0 Å². The second-order valence-electron chi connectivity index (χ2n) is 4.14. The molecule has 0 unspecified atom stereocenters. The van der Waals surface area contributed by atoms with Gasteiger partial charge in [0.15, 0.2) is 5.69 Å². The van der Waals surface area contributed by atoms with Crippen molar-refractivity contribution in [3.8, 4) is 5.75 Å². The van der Waals surface area contributed by atoms with Crippen molar-refractivity contribution in [1.82, 2.24) is 4.98 Å². The molecule has 6 heteroatoms. The topological polar surface area (TPSA) is 68.7 Å². The van der Waals surface area contributed by atoms with E-state index in [4.69, 9.17) is 26.2 Å². The molecule has 1 N–H and O–H groups in total. The Kier molecular flexibility index (Phi) is 4.76. The Bertz CT molecular complexity index is 630. The number of carbonyl (C=O) groups is 1. The highest BCUT2D eigenvalue weighted by molar-refractivity contribution is 6.35. The number of hydrogen-bond acceptors (Lipinski definition) is 4. The largest absolute Gasteiger partial charge is 0.493 e. The predicted octanol–water partition coefficient (Wildman–Crippen LogP) is 3.00. The maximum absolute atomic E-state index is 11.1. The van der Waals surface area contributed by atoms with Crippen LogP contribution < -0.4 is 4.74 Å². The van der Waals surface area contributed by atoms with Gasteiger partial charge in [-0.2, -0.15) is 0 Å². The first-order valence-electron chi connectivity index (χ1n) is 6.08. The number of rotatable bonds is 6. The fourth-order valence-corrected chi connectivity index (χ4v) is 2.01. The van der Waals surface area contributed by atoms with Gasteiger partial charge in [0.2, 0.25) is 0 Å². The van der Waals surface area contributed by atoms with Crippen molar-refractivity contribution >= 4 is 28.5 Å². The summed E-state index contributed by atoms with van der Waals surface area (Å²) in [5, 5.41) is 10.2. The van der Waals surface area contributed by atoms with E-state index in [1.165, 1.54) is 6.07 Å². The summed E-state index contributed by atoms with van der Waals surface area (Å²) >= 11 is 6.06. The number of para-hydroxylation sites is 1. The summed E-state index contributed by atoms with van der Waals surface area (Å²) in [6, 6.07) is 6.64. The lowest BCUT2D eigenvalue weighted by molar-refractivity contribution is 0.0690. The van der Waals surface area contributed by atoms with Gasteiger partial charge < -0.3 is 14.6 Å². The Balaban J connectivity index is 2.40. The Labute approximate surface area is 121 Å². The van der Waals surface area contributed by atoms with E-state index in [0.717, 1.165) is 0 Å². The Morgan fingerprint density at radius 3 is 2.90 bits per heavy atom. The second kappa shape index (κ2) is 6.54. The van der Waals surface area contributed by atoms with Crippen LogP contribution in [0.5, 0.6) is 5.75 Å². The van der Waals surface area contributed by atoms with Gasteiger partial charge in [-0.05, 0) is 12.1 Å². The Morgan fingerprint density at radius 2 is 2.20 bits per heavy atom. The SMILES string of the molecule is COCCCOc1cc(C(=O)O)nc2c(Cl)cccc12. The average molecular weight is 296 g/mol. The summed E-state index contributed by atoms with van der Waals surface area (Å²) in [5.41, 5.74) is 0.336. The van der Waals surface area contributed by atoms with E-state index in [1.54, 1.807) is 25.3 Å². The Morgan fingerprint density at radius 1 is 1.40 bits per heavy atom. The number of halogens is 1. The van der Waals surface area contributed by atoms with Crippen molar-refractivity contribution in [2.24, 2.45) is 0 Å². The lowest BCUT2D eigenvalue weighted by Gasteiger charge is -2.10. The average Bonchev–Trinajstić information content (AvgIpc) is 2.44. The quantitative estimate of drug-likeness (QED) is 0.830. The minimum Gasteiger partial charge on any atom is -0.493 e. The molecule has 0 spiro atoms. The molecule has 0 saturated carbocycles. The molecule has 1 aromatic heterocycles. The van der Waals surface area contributed by atoms with Gasteiger partial charge in [0.05, 0.1) is 17.1 Å². The fraction of sp³-hybridized carbons (Fsp3) is 0.286. The van der Waals surface area contributed by atoms with Crippen LogP contribution in [-0.2, 0) is 4.74 Å². The maximum Gasteiger partial charge on any atom is 0.354 e. The van der Waals surface area contributed by atoms with Gasteiger partial charge in [0.1, 0.15) is 5.75 Å². The highest BCUT2D eigenvalue weighted by Crippen LogP contribution is 2.30. The van der Waals surface area contributed by atoms with Crippen LogP contribution in [0.15, 0.2) is 24.3 Å². The second-order valence-corrected chi connectivity index (χ2v) is 4.55. The molecule has 0 saturated heterocycles. The van der Waals surface area contributed by atoms with Crippen molar-refractivity contribution in [3.05, 3.63) is 35.0 Å². The first kappa shape index (κ1) is 14.6. The molecule has 0 aliphatic rings. The van der Waals surface area contributed by atoms with E-state index >= 15 is 0 Å². The molecule has 0 aliphatic heterocycles. The lowest BCUT2D eigenvalue weighted by Crippen LogP contribution is -2.05. The van der Waals surface area contributed by atoms with E-state index in [1.807, 2.05) is 0 Å². The number of nitrogens with zero attached hydrogens (tertiary/aromatic N) is 1. The highest BCUT2D eigenvalue weighted by Gasteiger charge is 2.13. The van der Waals surface area contributed by atoms with Crippen LogP contribution >= 0.6 is 11.6 Å². The maximum atomic E-state index is 11.1. The minimum atomic E-state index is -1.12. The third kappa shape index (κ3) is 3.18. The van der Waals surface area contributed by atoms with E-state index in [2.05, 4.69) is 4.98 Å². The van der Waals surface area contributed by atoms with Crippen LogP contribution in [0.4, 0.5) is 0 Å². The summed E-state index contributed by atoms with van der Waals surface area (Å²) in [5.74, 6) is -0.653. The predicted molar refractivity (Wildman–Crippen MR) is 75.7 cm³/mol. The zero-order valence-electron chi connectivity index (χ0n) is 10.9. The smallest absolute Gasteiger partial charge is 0.354 e. The molecule has 1 heterocycles. The lowest BCUT2D eigenvalue weighted by atomic mass is 10.2. The van der Waals surface area contributed by atoms with Crippen LogP contribution in [0.1, 0.15) is 16.9 Å². The van der Waals surface area contributed by atoms with Gasteiger partial charge in [-0.3, -0.25) is 0 Å². The first-order valence-corrected chi connectivity index (χ1v) is 6.45. The molecule has 20 heavy (non-hydrogen) atoms. The summed E-state index contributed by atoms with van der Waals surface area (Å²) < 4.78 is 10.6. The molecule has 1 aromatic carbocycles. The number of fused-ring (bicyclic) bond motifs is 1. The molecule has 106 valence electrons. The third-order valence-electron chi connectivity index (χ3n) is 2.72. The van der Waals surface area contributed by atoms with E-state index in [0.29, 0.717) is 41.3 Å². The number of ether oxygens (including phenoxy) is 2.